The SMILES string of the molecule is Nc1ccc(-c2nccn2-c2ncnc3ccsc23)cc1. The van der Waals surface area contributed by atoms with Crippen LogP contribution in [0.15, 0.2) is 54.4 Å². The molecule has 4 rings (SSSR count). The van der Waals surface area contributed by atoms with Crippen LogP contribution >= 0.6 is 11.3 Å². The molecule has 102 valence electrons. The molecule has 0 atom stereocenters. The van der Waals surface area contributed by atoms with Gasteiger partial charge in [0, 0.05) is 23.6 Å². The maximum atomic E-state index is 5.74. The van der Waals surface area contributed by atoms with Crippen LogP contribution in [0.25, 0.3) is 27.4 Å². The number of thiophene rings is 1. The van der Waals surface area contributed by atoms with E-state index in [1.54, 1.807) is 23.9 Å². The molecule has 5 nitrogen and oxygen atoms in total. The second-order valence-corrected chi connectivity index (χ2v) is 5.49. The second kappa shape index (κ2) is 4.68. The van der Waals surface area contributed by atoms with Gasteiger partial charge >= 0.3 is 0 Å². The zero-order valence-electron chi connectivity index (χ0n) is 11.0. The van der Waals surface area contributed by atoms with Crippen molar-refractivity contribution < 1.29 is 0 Å². The number of nitrogens with two attached hydrogens (primary N) is 1. The van der Waals surface area contributed by atoms with Crippen molar-refractivity contribution in [1.82, 2.24) is 19.5 Å². The van der Waals surface area contributed by atoms with E-state index in [0.29, 0.717) is 0 Å². The average molecular weight is 293 g/mol. The number of benzene rings is 1. The predicted octanol–water partition coefficient (Wildman–Crippen LogP) is 3.13. The van der Waals surface area contributed by atoms with Crippen LogP contribution in [0.2, 0.25) is 0 Å². The highest BCUT2D eigenvalue weighted by Crippen LogP contribution is 2.28. The van der Waals surface area contributed by atoms with Crippen LogP contribution in [0, 0.1) is 0 Å². The van der Waals surface area contributed by atoms with Crippen LogP contribution in [0.5, 0.6) is 0 Å². The van der Waals surface area contributed by atoms with E-state index in [9.17, 15) is 0 Å². The molecule has 1 aromatic carbocycles. The number of imidazole rings is 1. The Morgan fingerprint density at radius 1 is 1.00 bits per heavy atom. The fourth-order valence-electron chi connectivity index (χ4n) is 2.27. The van der Waals surface area contributed by atoms with Crippen molar-refractivity contribution in [1.29, 1.82) is 0 Å². The maximum Gasteiger partial charge on any atom is 0.159 e. The molecule has 0 amide bonds. The van der Waals surface area contributed by atoms with Crippen molar-refractivity contribution in [2.75, 3.05) is 5.73 Å². The monoisotopic (exact) mass is 293 g/mol. The van der Waals surface area contributed by atoms with Crippen molar-refractivity contribution in [3.8, 4) is 17.2 Å². The van der Waals surface area contributed by atoms with Crippen molar-refractivity contribution in [2.45, 2.75) is 0 Å². The first-order chi connectivity index (χ1) is 10.3. The van der Waals surface area contributed by atoms with Gasteiger partial charge in [0.1, 0.15) is 12.2 Å². The molecular formula is C15H11N5S. The molecule has 6 heteroatoms. The van der Waals surface area contributed by atoms with Crippen molar-refractivity contribution >= 4 is 27.2 Å². The number of aromatic nitrogens is 4. The van der Waals surface area contributed by atoms with Gasteiger partial charge in [-0.05, 0) is 35.7 Å². The summed E-state index contributed by atoms with van der Waals surface area (Å²) in [7, 11) is 0. The standard InChI is InChI=1S/C15H11N5S/c16-11-3-1-10(2-4-11)14-17-6-7-20(14)15-13-12(5-8-21-13)18-9-19-15/h1-9H,16H2. The zero-order chi connectivity index (χ0) is 14.2. The van der Waals surface area contributed by atoms with E-state index in [0.717, 1.165) is 33.1 Å². The number of hydrogen-bond acceptors (Lipinski definition) is 5. The van der Waals surface area contributed by atoms with E-state index in [2.05, 4.69) is 15.0 Å². The minimum atomic E-state index is 0.736. The topological polar surface area (TPSA) is 69.6 Å². The third kappa shape index (κ3) is 1.96. The predicted molar refractivity (Wildman–Crippen MR) is 84.4 cm³/mol. The Labute approximate surface area is 124 Å². The third-order valence-electron chi connectivity index (χ3n) is 3.26. The van der Waals surface area contributed by atoms with Gasteiger partial charge in [0.2, 0.25) is 0 Å². The van der Waals surface area contributed by atoms with E-state index >= 15 is 0 Å². The first kappa shape index (κ1) is 12.0. The molecule has 0 saturated carbocycles. The molecule has 3 aromatic heterocycles. The number of fused-ring (bicyclic) bond motifs is 1. The Kier molecular flexibility index (Phi) is 2.68. The molecule has 0 saturated heterocycles. The van der Waals surface area contributed by atoms with Gasteiger partial charge in [-0.2, -0.15) is 0 Å². The van der Waals surface area contributed by atoms with Gasteiger partial charge in [-0.25, -0.2) is 15.0 Å². The van der Waals surface area contributed by atoms with Crippen LogP contribution in [0.3, 0.4) is 0 Å². The molecule has 4 aromatic rings. The number of hydrogen-bond donors (Lipinski definition) is 1. The smallest absolute Gasteiger partial charge is 0.159 e. The summed E-state index contributed by atoms with van der Waals surface area (Å²) in [5, 5.41) is 2.02. The van der Waals surface area contributed by atoms with Gasteiger partial charge in [0.05, 0.1) is 10.2 Å². The van der Waals surface area contributed by atoms with Gasteiger partial charge in [-0.3, -0.25) is 4.57 Å². The quantitative estimate of drug-likeness (QED) is 0.576. The van der Waals surface area contributed by atoms with E-state index in [-0.39, 0.29) is 0 Å². The van der Waals surface area contributed by atoms with Gasteiger partial charge in [0.15, 0.2) is 5.82 Å². The summed E-state index contributed by atoms with van der Waals surface area (Å²) < 4.78 is 3.03. The lowest BCUT2D eigenvalue weighted by Gasteiger charge is -2.08. The number of rotatable bonds is 2. The summed E-state index contributed by atoms with van der Waals surface area (Å²) in [5.41, 5.74) is 8.42. The van der Waals surface area contributed by atoms with E-state index < -0.39 is 0 Å². The largest absolute Gasteiger partial charge is 0.399 e. The summed E-state index contributed by atoms with van der Waals surface area (Å²) in [4.78, 5) is 13.1. The highest BCUT2D eigenvalue weighted by atomic mass is 32.1. The fourth-order valence-corrected chi connectivity index (χ4v) is 3.10. The van der Waals surface area contributed by atoms with Gasteiger partial charge in [-0.15, -0.1) is 11.3 Å². The van der Waals surface area contributed by atoms with Crippen LogP contribution in [0.4, 0.5) is 5.69 Å². The molecule has 3 heterocycles. The van der Waals surface area contributed by atoms with E-state index in [4.69, 9.17) is 5.73 Å². The molecule has 0 spiro atoms. The van der Waals surface area contributed by atoms with E-state index in [1.165, 1.54) is 0 Å². The molecule has 0 unspecified atom stereocenters. The highest BCUT2D eigenvalue weighted by molar-refractivity contribution is 7.17. The van der Waals surface area contributed by atoms with Crippen LogP contribution in [0.1, 0.15) is 0 Å². The van der Waals surface area contributed by atoms with E-state index in [1.807, 2.05) is 46.5 Å². The van der Waals surface area contributed by atoms with Gasteiger partial charge in [-0.1, -0.05) is 0 Å². The maximum absolute atomic E-state index is 5.74. The normalized spacial score (nSPS) is 11.0. The van der Waals surface area contributed by atoms with Crippen LogP contribution in [-0.2, 0) is 0 Å². The average Bonchev–Trinajstić information content (AvgIpc) is 3.16. The second-order valence-electron chi connectivity index (χ2n) is 4.58. The fraction of sp³-hybridized carbons (Fsp3) is 0. The van der Waals surface area contributed by atoms with Crippen molar-refractivity contribution in [3.05, 3.63) is 54.4 Å². The Morgan fingerprint density at radius 3 is 2.71 bits per heavy atom. The first-order valence-electron chi connectivity index (χ1n) is 6.41. The minimum Gasteiger partial charge on any atom is -0.399 e. The molecule has 0 radical (unpaired) electrons. The number of anilines is 1. The molecule has 0 aliphatic rings. The third-order valence-corrected chi connectivity index (χ3v) is 4.16. The van der Waals surface area contributed by atoms with Gasteiger partial charge < -0.3 is 5.73 Å². The molecule has 0 aliphatic carbocycles. The first-order valence-corrected chi connectivity index (χ1v) is 7.29. The Hall–Kier alpha value is -2.73. The summed E-state index contributed by atoms with van der Waals surface area (Å²) in [6, 6.07) is 9.65. The summed E-state index contributed by atoms with van der Waals surface area (Å²) in [5.74, 6) is 1.68. The lowest BCUT2D eigenvalue weighted by Crippen LogP contribution is -2.00. The zero-order valence-corrected chi connectivity index (χ0v) is 11.8. The van der Waals surface area contributed by atoms with Crippen LogP contribution in [-0.4, -0.2) is 19.5 Å². The van der Waals surface area contributed by atoms with Crippen molar-refractivity contribution in [3.63, 3.8) is 0 Å². The van der Waals surface area contributed by atoms with Crippen LogP contribution < -0.4 is 5.73 Å². The lowest BCUT2D eigenvalue weighted by molar-refractivity contribution is 1.00. The molecule has 0 aliphatic heterocycles. The molecule has 2 N–H and O–H groups in total. The summed E-state index contributed by atoms with van der Waals surface area (Å²) in [6.45, 7) is 0. The Morgan fingerprint density at radius 2 is 1.86 bits per heavy atom. The molecule has 0 fully saturated rings. The molecular weight excluding hydrogens is 282 g/mol. The molecule has 21 heavy (non-hydrogen) atoms. The molecule has 0 bridgehead atoms. The minimum absolute atomic E-state index is 0.736. The highest BCUT2D eigenvalue weighted by Gasteiger charge is 2.12. The number of nitrogens with zero attached hydrogens (tertiary/aromatic N) is 4. The van der Waals surface area contributed by atoms with Gasteiger partial charge in [0.25, 0.3) is 0 Å². The lowest BCUT2D eigenvalue weighted by atomic mass is 10.2. The Balaban J connectivity index is 1.93. The summed E-state index contributed by atoms with van der Waals surface area (Å²) >= 11 is 1.62. The van der Waals surface area contributed by atoms with Crippen molar-refractivity contribution in [2.24, 2.45) is 0 Å². The number of nitrogen functional groups attached to an aromatic ring is 1. The Bertz CT molecular complexity index is 907. The summed E-state index contributed by atoms with van der Waals surface area (Å²) in [6.07, 6.45) is 5.26.